The molecule has 4 unspecified atom stereocenters. The highest BCUT2D eigenvalue weighted by atomic mass is 19.1. The standard InChI is InChI=1S/C39H47FN6/c1-6-28-19-31(40)37-33(20-28)46(25-39(13-14-39)15-16-41)35(43-37)24-44-17-18-45(23-30(44)7-2)32-10-8-9-29-21-38(5,27(4)36(29)32)34-12-11-26(3)22-42-34/h6,8-12,19-20,26-27,30H,1,7,13-15,17-18,21-25H2,2-5H3. The largest absolute Gasteiger partial charge is 0.368 e. The Bertz CT molecular complexity index is 1770. The van der Waals surface area contributed by atoms with E-state index in [0.29, 0.717) is 42.9 Å². The molecule has 46 heavy (non-hydrogen) atoms. The first kappa shape index (κ1) is 30.9. The van der Waals surface area contributed by atoms with Gasteiger partial charge in [-0.3, -0.25) is 9.89 Å². The van der Waals surface area contributed by atoms with E-state index in [1.54, 1.807) is 6.08 Å². The minimum absolute atomic E-state index is 0.00530. The lowest BCUT2D eigenvalue weighted by molar-refractivity contribution is 0.157. The second-order valence-corrected chi connectivity index (χ2v) is 14.7. The number of imidazole rings is 1. The molecule has 4 aliphatic rings. The van der Waals surface area contributed by atoms with Crippen LogP contribution in [0, 0.1) is 33.9 Å². The summed E-state index contributed by atoms with van der Waals surface area (Å²) in [6.07, 6.45) is 10.9. The molecule has 6 nitrogen and oxygen atoms in total. The van der Waals surface area contributed by atoms with Crippen LogP contribution in [0.4, 0.5) is 10.1 Å². The van der Waals surface area contributed by atoms with Gasteiger partial charge < -0.3 is 9.47 Å². The molecule has 2 aromatic carbocycles. The Labute approximate surface area is 273 Å². The molecular weight excluding hydrogens is 571 g/mol. The van der Waals surface area contributed by atoms with Crippen LogP contribution >= 0.6 is 0 Å². The van der Waals surface area contributed by atoms with Crippen LogP contribution in [0.15, 0.2) is 54.1 Å². The maximum absolute atomic E-state index is 15.3. The molecule has 0 N–H and O–H groups in total. The van der Waals surface area contributed by atoms with Gasteiger partial charge in [0.05, 0.1) is 18.1 Å². The van der Waals surface area contributed by atoms with Crippen LogP contribution in [0.25, 0.3) is 17.1 Å². The molecule has 0 spiro atoms. The molecular formula is C39H47FN6. The van der Waals surface area contributed by atoms with Gasteiger partial charge in [-0.25, -0.2) is 9.37 Å². The number of hydrogen-bond donors (Lipinski definition) is 0. The Morgan fingerprint density at radius 3 is 2.72 bits per heavy atom. The molecule has 7 heteroatoms. The van der Waals surface area contributed by atoms with Crippen LogP contribution in [0.5, 0.6) is 0 Å². The first-order valence-corrected chi connectivity index (χ1v) is 17.2. The quantitative estimate of drug-likeness (QED) is 0.244. The zero-order valence-electron chi connectivity index (χ0n) is 27.9. The van der Waals surface area contributed by atoms with Crippen LogP contribution < -0.4 is 4.90 Å². The summed E-state index contributed by atoms with van der Waals surface area (Å²) in [5, 5.41) is 9.54. The molecule has 2 aliphatic heterocycles. The number of allylic oxidation sites excluding steroid dienone is 1. The molecule has 2 fully saturated rings. The lowest BCUT2D eigenvalue weighted by atomic mass is 9.73. The minimum Gasteiger partial charge on any atom is -0.368 e. The van der Waals surface area contributed by atoms with E-state index in [9.17, 15) is 5.26 Å². The minimum atomic E-state index is -0.308. The van der Waals surface area contributed by atoms with Crippen LogP contribution in [-0.4, -0.2) is 52.4 Å². The van der Waals surface area contributed by atoms with Gasteiger partial charge >= 0.3 is 0 Å². The Balaban J connectivity index is 1.15. The Morgan fingerprint density at radius 1 is 1.20 bits per heavy atom. The maximum Gasteiger partial charge on any atom is 0.151 e. The van der Waals surface area contributed by atoms with Gasteiger partial charge in [0.2, 0.25) is 0 Å². The fourth-order valence-electron chi connectivity index (χ4n) is 8.32. The highest BCUT2D eigenvalue weighted by Gasteiger charge is 2.46. The van der Waals surface area contributed by atoms with Crippen molar-refractivity contribution in [3.8, 4) is 6.07 Å². The zero-order valence-corrected chi connectivity index (χ0v) is 27.9. The fraction of sp³-hybridized carbons (Fsp3) is 0.513. The maximum atomic E-state index is 15.3. The van der Waals surface area contributed by atoms with Crippen molar-refractivity contribution in [3.63, 3.8) is 0 Å². The first-order valence-electron chi connectivity index (χ1n) is 17.2. The van der Waals surface area contributed by atoms with Crippen molar-refractivity contribution in [2.75, 3.05) is 31.1 Å². The van der Waals surface area contributed by atoms with E-state index in [1.807, 2.05) is 6.07 Å². The number of hydrogen-bond acceptors (Lipinski definition) is 5. The molecule has 240 valence electrons. The zero-order chi connectivity index (χ0) is 32.2. The summed E-state index contributed by atoms with van der Waals surface area (Å²) >= 11 is 0. The number of piperazine rings is 1. The molecule has 1 saturated heterocycles. The fourth-order valence-corrected chi connectivity index (χ4v) is 8.32. The van der Waals surface area contributed by atoms with Crippen molar-refractivity contribution in [2.45, 2.75) is 84.8 Å². The third kappa shape index (κ3) is 5.29. The van der Waals surface area contributed by atoms with Crippen molar-refractivity contribution in [2.24, 2.45) is 21.7 Å². The molecule has 0 radical (unpaired) electrons. The van der Waals surface area contributed by atoms with Gasteiger partial charge in [0, 0.05) is 67.4 Å². The number of dihydropyridines is 1. The second-order valence-electron chi connectivity index (χ2n) is 14.7. The van der Waals surface area contributed by atoms with Crippen molar-refractivity contribution in [1.29, 1.82) is 5.26 Å². The van der Waals surface area contributed by atoms with Gasteiger partial charge in [0.1, 0.15) is 11.3 Å². The van der Waals surface area contributed by atoms with Gasteiger partial charge in [-0.15, -0.1) is 0 Å². The van der Waals surface area contributed by atoms with Gasteiger partial charge in [0.15, 0.2) is 5.82 Å². The summed E-state index contributed by atoms with van der Waals surface area (Å²) in [6.45, 7) is 18.2. The Hall–Kier alpha value is -3.76. The number of nitrogens with zero attached hydrogens (tertiary/aromatic N) is 6. The van der Waals surface area contributed by atoms with Gasteiger partial charge in [-0.2, -0.15) is 5.26 Å². The lowest BCUT2D eigenvalue weighted by Crippen LogP contribution is -2.53. The monoisotopic (exact) mass is 618 g/mol. The normalized spacial score (nSPS) is 27.0. The van der Waals surface area contributed by atoms with Crippen molar-refractivity contribution < 1.29 is 4.39 Å². The average molecular weight is 619 g/mol. The van der Waals surface area contributed by atoms with Gasteiger partial charge in [-0.1, -0.05) is 58.6 Å². The van der Waals surface area contributed by atoms with E-state index in [0.717, 1.165) is 68.8 Å². The third-order valence-electron chi connectivity index (χ3n) is 11.6. The topological polar surface area (TPSA) is 60.5 Å². The van der Waals surface area contributed by atoms with Gasteiger partial charge in [-0.05, 0) is 78.5 Å². The third-order valence-corrected chi connectivity index (χ3v) is 11.6. The summed E-state index contributed by atoms with van der Waals surface area (Å²) in [5.74, 6) is 1.48. The summed E-state index contributed by atoms with van der Waals surface area (Å²) < 4.78 is 17.5. The highest BCUT2D eigenvalue weighted by Crippen LogP contribution is 2.52. The van der Waals surface area contributed by atoms with Crippen LogP contribution in [0.1, 0.15) is 81.8 Å². The van der Waals surface area contributed by atoms with Crippen molar-refractivity contribution >= 4 is 28.5 Å². The molecule has 3 aromatic rings. The summed E-state index contributed by atoms with van der Waals surface area (Å²) in [7, 11) is 0. The van der Waals surface area contributed by atoms with Crippen LogP contribution in [0.2, 0.25) is 0 Å². The van der Waals surface area contributed by atoms with Crippen LogP contribution in [-0.2, 0) is 19.5 Å². The number of benzene rings is 2. The second kappa shape index (κ2) is 11.8. The molecule has 0 bridgehead atoms. The van der Waals surface area contributed by atoms with Gasteiger partial charge in [0.25, 0.3) is 0 Å². The smallest absolute Gasteiger partial charge is 0.151 e. The average Bonchev–Trinajstić information content (AvgIpc) is 3.66. The van der Waals surface area contributed by atoms with E-state index in [-0.39, 0.29) is 16.6 Å². The van der Waals surface area contributed by atoms with E-state index < -0.39 is 0 Å². The molecule has 3 heterocycles. The Kier molecular flexibility index (Phi) is 7.92. The molecule has 7 rings (SSSR count). The predicted molar refractivity (Wildman–Crippen MR) is 186 cm³/mol. The van der Waals surface area contributed by atoms with Crippen LogP contribution in [0.3, 0.4) is 0 Å². The number of anilines is 1. The molecule has 1 saturated carbocycles. The van der Waals surface area contributed by atoms with Crippen molar-refractivity contribution in [3.05, 3.63) is 77.4 Å². The van der Waals surface area contributed by atoms with E-state index in [4.69, 9.17) is 9.98 Å². The number of aliphatic imine (C=N–C) groups is 1. The first-order chi connectivity index (χ1) is 22.2. The SMILES string of the molecule is C=Cc1cc(F)c2nc(CN3CCN(c4cccc5c4C(C)C(C)(C4=NCC(C)C=C4)C5)CC3CC)n(CC3(CC#N)CC3)c2c1. The summed E-state index contributed by atoms with van der Waals surface area (Å²) in [6, 6.07) is 13.2. The summed E-state index contributed by atoms with van der Waals surface area (Å²) in [5.41, 5.74) is 7.53. The number of aromatic nitrogens is 2. The predicted octanol–water partition coefficient (Wildman–Crippen LogP) is 7.93. The van der Waals surface area contributed by atoms with E-state index >= 15 is 4.39 Å². The molecule has 0 amide bonds. The van der Waals surface area contributed by atoms with E-state index in [1.165, 1.54) is 28.6 Å². The number of halogens is 1. The number of fused-ring (bicyclic) bond motifs is 2. The molecule has 2 aliphatic carbocycles. The lowest BCUT2D eigenvalue weighted by Gasteiger charge is -2.43. The van der Waals surface area contributed by atoms with E-state index in [2.05, 4.69) is 85.1 Å². The number of rotatable bonds is 9. The van der Waals surface area contributed by atoms with Crippen molar-refractivity contribution in [1.82, 2.24) is 14.5 Å². The Morgan fingerprint density at radius 2 is 2.02 bits per heavy atom. The summed E-state index contributed by atoms with van der Waals surface area (Å²) in [4.78, 5) is 15.1. The highest BCUT2D eigenvalue weighted by molar-refractivity contribution is 6.01. The molecule has 1 aromatic heterocycles. The number of nitriles is 1. The molecule has 4 atom stereocenters.